The molecular formula is C16H16O2. The molecule has 2 aromatic rings. The molecule has 0 fully saturated rings. The van der Waals surface area contributed by atoms with E-state index in [1.54, 1.807) is 6.07 Å². The van der Waals surface area contributed by atoms with Crippen LogP contribution in [0.1, 0.15) is 21.5 Å². The molecule has 0 bridgehead atoms. The van der Waals surface area contributed by atoms with Crippen LogP contribution in [0.15, 0.2) is 48.5 Å². The molecule has 0 radical (unpaired) electrons. The Morgan fingerprint density at radius 3 is 2.72 bits per heavy atom. The molecule has 2 nitrogen and oxygen atoms in total. The molecule has 2 aromatic carbocycles. The van der Waals surface area contributed by atoms with Gasteiger partial charge in [0.2, 0.25) is 0 Å². The lowest BCUT2D eigenvalue weighted by Gasteiger charge is -2.08. The van der Waals surface area contributed by atoms with Crippen LogP contribution >= 0.6 is 0 Å². The van der Waals surface area contributed by atoms with Crippen LogP contribution in [-0.2, 0) is 6.42 Å². The number of carbonyl (C=O) groups is 1. The van der Waals surface area contributed by atoms with Crippen LogP contribution in [0.4, 0.5) is 0 Å². The van der Waals surface area contributed by atoms with Crippen molar-refractivity contribution in [2.45, 2.75) is 13.3 Å². The Labute approximate surface area is 107 Å². The van der Waals surface area contributed by atoms with E-state index in [1.165, 1.54) is 11.1 Å². The molecular weight excluding hydrogens is 224 g/mol. The number of para-hydroxylation sites is 1. The fourth-order valence-corrected chi connectivity index (χ4v) is 1.86. The van der Waals surface area contributed by atoms with Gasteiger partial charge in [-0.3, -0.25) is 4.79 Å². The third-order valence-corrected chi connectivity index (χ3v) is 2.78. The first kappa shape index (κ1) is 12.4. The van der Waals surface area contributed by atoms with Gasteiger partial charge in [0.15, 0.2) is 6.29 Å². The SMILES string of the molecule is Cc1cccc(CCOc2ccccc2C=O)c1. The molecule has 18 heavy (non-hydrogen) atoms. The van der Waals surface area contributed by atoms with E-state index in [9.17, 15) is 4.79 Å². The van der Waals surface area contributed by atoms with Crippen molar-refractivity contribution in [3.8, 4) is 5.75 Å². The van der Waals surface area contributed by atoms with E-state index in [4.69, 9.17) is 4.74 Å². The van der Waals surface area contributed by atoms with Crippen LogP contribution in [0, 0.1) is 6.92 Å². The molecule has 2 rings (SSSR count). The first-order chi connectivity index (χ1) is 8.79. The number of rotatable bonds is 5. The fourth-order valence-electron chi connectivity index (χ4n) is 1.86. The predicted octanol–water partition coefficient (Wildman–Crippen LogP) is 3.43. The topological polar surface area (TPSA) is 26.3 Å². The van der Waals surface area contributed by atoms with E-state index >= 15 is 0 Å². The molecule has 0 aliphatic heterocycles. The van der Waals surface area contributed by atoms with Gasteiger partial charge in [-0.1, -0.05) is 42.0 Å². The standard InChI is InChI=1S/C16H16O2/c1-13-5-4-6-14(11-13)9-10-18-16-8-3-2-7-15(16)12-17/h2-8,11-12H,9-10H2,1H3. The van der Waals surface area contributed by atoms with Crippen molar-refractivity contribution in [2.75, 3.05) is 6.61 Å². The molecule has 0 amide bonds. The molecule has 0 saturated heterocycles. The van der Waals surface area contributed by atoms with Crippen LogP contribution in [0.3, 0.4) is 0 Å². The molecule has 0 heterocycles. The summed E-state index contributed by atoms with van der Waals surface area (Å²) >= 11 is 0. The zero-order valence-electron chi connectivity index (χ0n) is 10.4. The molecule has 0 aliphatic rings. The minimum absolute atomic E-state index is 0.578. The second-order valence-electron chi connectivity index (χ2n) is 4.24. The number of aryl methyl sites for hydroxylation is 1. The van der Waals surface area contributed by atoms with Gasteiger partial charge in [-0.2, -0.15) is 0 Å². The summed E-state index contributed by atoms with van der Waals surface area (Å²) in [5.41, 5.74) is 3.10. The second-order valence-corrected chi connectivity index (χ2v) is 4.24. The van der Waals surface area contributed by atoms with Crippen molar-refractivity contribution in [3.63, 3.8) is 0 Å². The number of ether oxygens (including phenoxy) is 1. The summed E-state index contributed by atoms with van der Waals surface area (Å²) in [6, 6.07) is 15.6. The van der Waals surface area contributed by atoms with Crippen LogP contribution in [0.5, 0.6) is 5.75 Å². The highest BCUT2D eigenvalue weighted by Gasteiger charge is 2.01. The maximum atomic E-state index is 10.8. The maximum absolute atomic E-state index is 10.8. The van der Waals surface area contributed by atoms with E-state index in [2.05, 4.69) is 25.1 Å². The quantitative estimate of drug-likeness (QED) is 0.748. The van der Waals surface area contributed by atoms with Gasteiger partial charge in [0.05, 0.1) is 12.2 Å². The zero-order chi connectivity index (χ0) is 12.8. The van der Waals surface area contributed by atoms with Gasteiger partial charge in [-0.25, -0.2) is 0 Å². The van der Waals surface area contributed by atoms with Crippen LogP contribution in [-0.4, -0.2) is 12.9 Å². The summed E-state index contributed by atoms with van der Waals surface area (Å²) in [5.74, 6) is 0.653. The van der Waals surface area contributed by atoms with E-state index in [-0.39, 0.29) is 0 Å². The zero-order valence-corrected chi connectivity index (χ0v) is 10.4. The number of hydrogen-bond donors (Lipinski definition) is 0. The van der Waals surface area contributed by atoms with Gasteiger partial charge in [-0.05, 0) is 24.6 Å². The number of hydrogen-bond acceptors (Lipinski definition) is 2. The van der Waals surface area contributed by atoms with Crippen LogP contribution in [0.25, 0.3) is 0 Å². The van der Waals surface area contributed by atoms with Crippen molar-refractivity contribution in [2.24, 2.45) is 0 Å². The number of aldehydes is 1. The highest BCUT2D eigenvalue weighted by molar-refractivity contribution is 5.79. The Bertz CT molecular complexity index is 532. The van der Waals surface area contributed by atoms with Crippen LogP contribution in [0.2, 0.25) is 0 Å². The summed E-state index contributed by atoms with van der Waals surface area (Å²) in [7, 11) is 0. The molecule has 92 valence electrons. The van der Waals surface area contributed by atoms with Gasteiger partial charge >= 0.3 is 0 Å². The van der Waals surface area contributed by atoms with Crippen molar-refractivity contribution in [1.29, 1.82) is 0 Å². The summed E-state index contributed by atoms with van der Waals surface area (Å²) in [4.78, 5) is 10.8. The fraction of sp³-hybridized carbons (Fsp3) is 0.188. The second kappa shape index (κ2) is 6.01. The normalized spacial score (nSPS) is 10.1. The lowest BCUT2D eigenvalue weighted by atomic mass is 10.1. The number of carbonyl (C=O) groups excluding carboxylic acids is 1. The largest absolute Gasteiger partial charge is 0.492 e. The molecule has 0 atom stereocenters. The Balaban J connectivity index is 1.94. The number of benzene rings is 2. The first-order valence-electron chi connectivity index (χ1n) is 6.02. The smallest absolute Gasteiger partial charge is 0.153 e. The molecule has 0 aliphatic carbocycles. The Kier molecular flexibility index (Phi) is 4.13. The Hall–Kier alpha value is -2.09. The van der Waals surface area contributed by atoms with E-state index in [0.717, 1.165) is 12.7 Å². The highest BCUT2D eigenvalue weighted by Crippen LogP contribution is 2.16. The van der Waals surface area contributed by atoms with E-state index in [1.807, 2.05) is 24.3 Å². The summed E-state index contributed by atoms with van der Waals surface area (Å²) in [6.07, 6.45) is 1.66. The third kappa shape index (κ3) is 3.20. The molecule has 2 heteroatoms. The lowest BCUT2D eigenvalue weighted by molar-refractivity contribution is 0.111. The highest BCUT2D eigenvalue weighted by atomic mass is 16.5. The van der Waals surface area contributed by atoms with Gasteiger partial charge in [0.1, 0.15) is 5.75 Å². The van der Waals surface area contributed by atoms with Gasteiger partial charge in [0, 0.05) is 6.42 Å². The summed E-state index contributed by atoms with van der Waals surface area (Å²) in [5, 5.41) is 0. The minimum Gasteiger partial charge on any atom is -0.492 e. The minimum atomic E-state index is 0.578. The Morgan fingerprint density at radius 2 is 1.94 bits per heavy atom. The molecule has 0 unspecified atom stereocenters. The van der Waals surface area contributed by atoms with Crippen molar-refractivity contribution < 1.29 is 9.53 Å². The average Bonchev–Trinajstić information content (AvgIpc) is 2.39. The van der Waals surface area contributed by atoms with Gasteiger partial charge in [-0.15, -0.1) is 0 Å². The lowest BCUT2D eigenvalue weighted by Crippen LogP contribution is -2.03. The molecule has 0 saturated carbocycles. The summed E-state index contributed by atoms with van der Waals surface area (Å²) in [6.45, 7) is 2.65. The predicted molar refractivity (Wildman–Crippen MR) is 72.2 cm³/mol. The Morgan fingerprint density at radius 1 is 1.11 bits per heavy atom. The first-order valence-corrected chi connectivity index (χ1v) is 6.02. The third-order valence-electron chi connectivity index (χ3n) is 2.78. The molecule has 0 spiro atoms. The maximum Gasteiger partial charge on any atom is 0.153 e. The average molecular weight is 240 g/mol. The van der Waals surface area contributed by atoms with E-state index in [0.29, 0.717) is 17.9 Å². The summed E-state index contributed by atoms with van der Waals surface area (Å²) < 4.78 is 5.64. The van der Waals surface area contributed by atoms with Gasteiger partial charge in [0.25, 0.3) is 0 Å². The van der Waals surface area contributed by atoms with Crippen molar-refractivity contribution in [3.05, 3.63) is 65.2 Å². The van der Waals surface area contributed by atoms with Gasteiger partial charge < -0.3 is 4.74 Å². The molecule has 0 aromatic heterocycles. The van der Waals surface area contributed by atoms with E-state index < -0.39 is 0 Å². The van der Waals surface area contributed by atoms with Crippen molar-refractivity contribution in [1.82, 2.24) is 0 Å². The van der Waals surface area contributed by atoms with Crippen molar-refractivity contribution >= 4 is 6.29 Å². The monoisotopic (exact) mass is 240 g/mol. The molecule has 0 N–H and O–H groups in total. The van der Waals surface area contributed by atoms with Crippen LogP contribution < -0.4 is 4.74 Å².